The van der Waals surface area contributed by atoms with Gasteiger partial charge in [0.15, 0.2) is 0 Å². The Morgan fingerprint density at radius 1 is 1.39 bits per heavy atom. The third-order valence-corrected chi connectivity index (χ3v) is 3.11. The van der Waals surface area contributed by atoms with Crippen molar-refractivity contribution in [2.24, 2.45) is 0 Å². The summed E-state index contributed by atoms with van der Waals surface area (Å²) in [5.41, 5.74) is -0.758. The Morgan fingerprint density at radius 2 is 2.09 bits per heavy atom. The number of carbonyl (C=O) groups is 1. The topological polar surface area (TPSA) is 67.8 Å². The Hall–Kier alpha value is -2.31. The minimum absolute atomic E-state index is 0.0138. The summed E-state index contributed by atoms with van der Waals surface area (Å²) in [4.78, 5) is 11.9. The Labute approximate surface area is 132 Å². The summed E-state index contributed by atoms with van der Waals surface area (Å²) in [7, 11) is 0. The monoisotopic (exact) mass is 327 g/mol. The van der Waals surface area contributed by atoms with Crippen LogP contribution in [0.3, 0.4) is 0 Å². The van der Waals surface area contributed by atoms with E-state index in [9.17, 15) is 18.7 Å². The van der Waals surface area contributed by atoms with E-state index in [-0.39, 0.29) is 17.7 Å². The summed E-state index contributed by atoms with van der Waals surface area (Å²) in [6, 6.07) is 2.17. The third-order valence-electron chi connectivity index (χ3n) is 3.11. The number of carbonyl (C=O) groups excluding carboxylic acids is 1. The molecule has 0 saturated carbocycles. The van der Waals surface area contributed by atoms with Crippen LogP contribution in [0.25, 0.3) is 0 Å². The largest absolute Gasteiger partial charge is 0.509 e. The van der Waals surface area contributed by atoms with Crippen LogP contribution in [0.1, 0.15) is 38.9 Å². The molecule has 1 heterocycles. The molecule has 126 valence electrons. The van der Waals surface area contributed by atoms with E-state index >= 15 is 0 Å². The van der Waals surface area contributed by atoms with Gasteiger partial charge in [0.1, 0.15) is 35.4 Å². The fourth-order valence-corrected chi connectivity index (χ4v) is 2.24. The molecule has 1 aromatic rings. The average molecular weight is 327 g/mol. The molecule has 0 aliphatic carbocycles. The summed E-state index contributed by atoms with van der Waals surface area (Å²) in [6.45, 7) is 5.10. The second kappa shape index (κ2) is 6.44. The van der Waals surface area contributed by atoms with Gasteiger partial charge in [-0.25, -0.2) is 13.6 Å². The molecule has 0 radical (unpaired) electrons. The van der Waals surface area contributed by atoms with Gasteiger partial charge in [0.25, 0.3) is 0 Å². The Balaban J connectivity index is 2.22. The number of aliphatic hydroxyl groups excluding tert-OH is 1. The van der Waals surface area contributed by atoms with Gasteiger partial charge in [-0.15, -0.1) is 0 Å². The lowest BCUT2D eigenvalue weighted by Crippen LogP contribution is -2.44. The van der Waals surface area contributed by atoms with Gasteiger partial charge in [-0.3, -0.25) is 0 Å². The highest BCUT2D eigenvalue weighted by molar-refractivity contribution is 5.68. The van der Waals surface area contributed by atoms with Gasteiger partial charge in [-0.2, -0.15) is 0 Å². The number of nitrogens with one attached hydrogen (secondary N) is 1. The van der Waals surface area contributed by atoms with E-state index in [4.69, 9.17) is 9.47 Å². The van der Waals surface area contributed by atoms with E-state index in [1.165, 1.54) is 0 Å². The smallest absolute Gasteiger partial charge is 0.408 e. The van der Waals surface area contributed by atoms with Crippen LogP contribution in [0.15, 0.2) is 30.2 Å². The van der Waals surface area contributed by atoms with E-state index in [2.05, 4.69) is 5.32 Å². The minimum Gasteiger partial charge on any atom is -0.509 e. The van der Waals surface area contributed by atoms with E-state index in [1.807, 2.05) is 0 Å². The maximum Gasteiger partial charge on any atom is 0.408 e. The molecule has 1 amide bonds. The van der Waals surface area contributed by atoms with Crippen LogP contribution in [-0.2, 0) is 9.47 Å². The predicted octanol–water partition coefficient (Wildman–Crippen LogP) is 3.72. The van der Waals surface area contributed by atoms with Crippen LogP contribution < -0.4 is 5.32 Å². The van der Waals surface area contributed by atoms with Gasteiger partial charge in [0.2, 0.25) is 0 Å². The van der Waals surface area contributed by atoms with Crippen molar-refractivity contribution in [3.8, 4) is 0 Å². The number of rotatable bonds is 2. The molecule has 0 unspecified atom stereocenters. The predicted molar refractivity (Wildman–Crippen MR) is 78.7 cm³/mol. The molecule has 0 spiro atoms. The summed E-state index contributed by atoms with van der Waals surface area (Å²) in [6.07, 6.45) is -0.640. The third kappa shape index (κ3) is 4.58. The van der Waals surface area contributed by atoms with E-state index in [0.717, 1.165) is 24.5 Å². The normalized spacial score (nSPS) is 21.2. The van der Waals surface area contributed by atoms with Crippen LogP contribution in [0.5, 0.6) is 0 Å². The van der Waals surface area contributed by atoms with Crippen LogP contribution >= 0.6 is 0 Å². The zero-order valence-electron chi connectivity index (χ0n) is 13.1. The molecular weight excluding hydrogens is 308 g/mol. The Bertz CT molecular complexity index is 625. The number of benzene rings is 1. The van der Waals surface area contributed by atoms with Crippen LogP contribution in [0.4, 0.5) is 13.6 Å². The first-order valence-electron chi connectivity index (χ1n) is 7.13. The molecule has 2 N–H and O–H groups in total. The van der Waals surface area contributed by atoms with E-state index in [0.29, 0.717) is 0 Å². The van der Waals surface area contributed by atoms with Crippen LogP contribution in [-0.4, -0.2) is 22.8 Å². The zero-order valence-corrected chi connectivity index (χ0v) is 13.1. The van der Waals surface area contributed by atoms with Crippen molar-refractivity contribution in [1.82, 2.24) is 5.32 Å². The highest BCUT2D eigenvalue weighted by Gasteiger charge is 2.33. The molecule has 23 heavy (non-hydrogen) atoms. The first-order valence-corrected chi connectivity index (χ1v) is 7.13. The highest BCUT2D eigenvalue weighted by atomic mass is 19.1. The lowest BCUT2D eigenvalue weighted by atomic mass is 9.97. The second-order valence-electron chi connectivity index (χ2n) is 6.29. The second-order valence-corrected chi connectivity index (χ2v) is 6.29. The molecule has 1 aromatic carbocycles. The van der Waals surface area contributed by atoms with Gasteiger partial charge in [0.05, 0.1) is 6.04 Å². The average Bonchev–Trinajstić information content (AvgIpc) is 2.40. The lowest BCUT2D eigenvalue weighted by Gasteiger charge is -2.32. The molecule has 0 aromatic heterocycles. The molecule has 2 rings (SSSR count). The fourth-order valence-electron chi connectivity index (χ4n) is 2.24. The SMILES string of the molecule is CC(C)(C)OC(=O)N[C@H]1CC(O)=CO[C@@H]1c1cc(F)ccc1F. The number of hydrogen-bond donors (Lipinski definition) is 2. The number of halogens is 2. The lowest BCUT2D eigenvalue weighted by molar-refractivity contribution is 0.0309. The molecule has 2 atom stereocenters. The summed E-state index contributed by atoms with van der Waals surface area (Å²) in [5.74, 6) is -1.40. The summed E-state index contributed by atoms with van der Waals surface area (Å²) in [5, 5.41) is 12.1. The van der Waals surface area contributed by atoms with E-state index < -0.39 is 35.5 Å². The van der Waals surface area contributed by atoms with E-state index in [1.54, 1.807) is 20.8 Å². The molecule has 0 saturated heterocycles. The summed E-state index contributed by atoms with van der Waals surface area (Å²) >= 11 is 0. The Morgan fingerprint density at radius 3 is 2.74 bits per heavy atom. The number of amides is 1. The number of hydrogen-bond acceptors (Lipinski definition) is 4. The van der Waals surface area contributed by atoms with Crippen molar-refractivity contribution in [2.45, 2.75) is 44.9 Å². The van der Waals surface area contributed by atoms with Crippen LogP contribution in [0, 0.1) is 11.6 Å². The molecule has 7 heteroatoms. The minimum atomic E-state index is -0.978. The van der Waals surface area contributed by atoms with Gasteiger partial charge in [0, 0.05) is 12.0 Å². The molecule has 1 aliphatic rings. The number of ether oxygens (including phenoxy) is 2. The Kier molecular flexibility index (Phi) is 4.77. The van der Waals surface area contributed by atoms with Crippen molar-refractivity contribution < 1.29 is 28.2 Å². The molecule has 0 bridgehead atoms. The zero-order chi connectivity index (χ0) is 17.2. The highest BCUT2D eigenvalue weighted by Crippen LogP contribution is 2.31. The quantitative estimate of drug-likeness (QED) is 0.869. The number of aliphatic hydroxyl groups is 1. The van der Waals surface area contributed by atoms with Crippen molar-refractivity contribution in [2.75, 3.05) is 0 Å². The first kappa shape index (κ1) is 17.1. The molecular formula is C16H19F2NO4. The molecule has 5 nitrogen and oxygen atoms in total. The van der Waals surface area contributed by atoms with Crippen LogP contribution in [0.2, 0.25) is 0 Å². The van der Waals surface area contributed by atoms with Crippen molar-refractivity contribution in [3.05, 3.63) is 47.4 Å². The number of alkyl carbamates (subject to hydrolysis) is 1. The van der Waals surface area contributed by atoms with Gasteiger partial charge in [-0.05, 0) is 39.0 Å². The maximum absolute atomic E-state index is 14.0. The first-order chi connectivity index (χ1) is 10.7. The van der Waals surface area contributed by atoms with Crippen molar-refractivity contribution in [3.63, 3.8) is 0 Å². The van der Waals surface area contributed by atoms with Gasteiger partial charge < -0.3 is 19.9 Å². The van der Waals surface area contributed by atoms with Crippen molar-refractivity contribution >= 4 is 6.09 Å². The maximum atomic E-state index is 14.0. The standard InChI is InChI=1S/C16H19F2NO4/c1-16(2,3)23-15(21)19-13-7-10(20)8-22-14(13)11-6-9(17)4-5-12(11)18/h4-6,8,13-14,20H,7H2,1-3H3,(H,19,21)/t13-,14+/m0/s1. The molecule has 1 aliphatic heterocycles. The molecule has 0 fully saturated rings. The van der Waals surface area contributed by atoms with Gasteiger partial charge in [-0.1, -0.05) is 0 Å². The fraction of sp³-hybridized carbons (Fsp3) is 0.438. The van der Waals surface area contributed by atoms with Gasteiger partial charge >= 0.3 is 6.09 Å². The van der Waals surface area contributed by atoms with Crippen molar-refractivity contribution in [1.29, 1.82) is 0 Å². The summed E-state index contributed by atoms with van der Waals surface area (Å²) < 4.78 is 37.8.